The van der Waals surface area contributed by atoms with Crippen LogP contribution in [0.5, 0.6) is 0 Å². The van der Waals surface area contributed by atoms with Gasteiger partial charge in [-0.1, -0.05) is 0 Å². The van der Waals surface area contributed by atoms with Gasteiger partial charge in [-0.15, -0.1) is 0 Å². The van der Waals surface area contributed by atoms with E-state index >= 15 is 0 Å². The smallest absolute Gasteiger partial charge is 0.345 e. The number of nitrogens with zero attached hydrogens (tertiary/aromatic N) is 1. The lowest BCUT2D eigenvalue weighted by Crippen LogP contribution is -2.34. The van der Waals surface area contributed by atoms with E-state index in [1.54, 1.807) is 14.1 Å². The molecule has 0 spiro atoms. The fourth-order valence-corrected chi connectivity index (χ4v) is 0.681. The number of ether oxygens (including phenoxy) is 1. The summed E-state index contributed by atoms with van der Waals surface area (Å²) in [5, 5.41) is 16.9. The first-order valence-electron chi connectivity index (χ1n) is 3.67. The van der Waals surface area contributed by atoms with E-state index in [1.807, 2.05) is 0 Å². The lowest BCUT2D eigenvalue weighted by molar-refractivity contribution is -0.152. The van der Waals surface area contributed by atoms with Gasteiger partial charge in [-0.3, -0.25) is 4.79 Å². The molecule has 0 aromatic carbocycles. The molecule has 0 heterocycles. The third-order valence-electron chi connectivity index (χ3n) is 1.24. The molecule has 0 aliphatic carbocycles. The van der Waals surface area contributed by atoms with Gasteiger partial charge in [0.1, 0.15) is 0 Å². The molecule has 0 saturated heterocycles. The number of hydrogen-bond acceptors (Lipinski definition) is 4. The maximum atomic E-state index is 10.5. The molecule has 0 rings (SSSR count). The maximum Gasteiger partial charge on any atom is 0.345 e. The molecule has 0 aliphatic heterocycles. The molecule has 0 bridgehead atoms. The van der Waals surface area contributed by atoms with Crippen molar-refractivity contribution in [1.29, 1.82) is 0 Å². The van der Waals surface area contributed by atoms with E-state index in [1.165, 1.54) is 4.90 Å². The van der Waals surface area contributed by atoms with Crippen molar-refractivity contribution in [3.63, 3.8) is 0 Å². The molecule has 0 unspecified atom stereocenters. The molecule has 0 aliphatic rings. The van der Waals surface area contributed by atoms with Crippen LogP contribution in [0.3, 0.4) is 0 Å². The Balaban J connectivity index is 4.31. The molecule has 0 aromatic heterocycles. The Bertz CT molecular complexity index is 252. The molecule has 14 heavy (non-hydrogen) atoms. The van der Waals surface area contributed by atoms with E-state index in [0.29, 0.717) is 0 Å². The third kappa shape index (κ3) is 4.61. The maximum absolute atomic E-state index is 10.5. The Kier molecular flexibility index (Phi) is 4.85. The highest BCUT2D eigenvalue weighted by Gasteiger charge is 2.24. The van der Waals surface area contributed by atoms with Gasteiger partial charge in [0.2, 0.25) is 6.10 Å². The molecule has 0 aromatic rings. The molecule has 0 saturated carbocycles. The highest BCUT2D eigenvalue weighted by molar-refractivity contribution is 7.80. The summed E-state index contributed by atoms with van der Waals surface area (Å²) in [5.74, 6) is -2.60. The van der Waals surface area contributed by atoms with Crippen LogP contribution in [-0.2, 0) is 14.3 Å². The van der Waals surface area contributed by atoms with Gasteiger partial charge in [-0.2, -0.15) is 0 Å². The molecule has 80 valence electrons. The number of aliphatic carboxylic acids is 2. The van der Waals surface area contributed by atoms with Gasteiger partial charge in [0.15, 0.2) is 0 Å². The Morgan fingerprint density at radius 2 is 1.93 bits per heavy atom. The number of thiocarbonyl (C=S) groups is 1. The molecular formula is C7H11NO5S. The fourth-order valence-electron chi connectivity index (χ4n) is 0.565. The lowest BCUT2D eigenvalue weighted by atomic mass is 10.2. The average Bonchev–Trinajstić information content (AvgIpc) is 2.01. The number of carboxylic acid groups (broad SMARTS) is 2. The van der Waals surface area contributed by atoms with Crippen molar-refractivity contribution in [1.82, 2.24) is 4.90 Å². The Morgan fingerprint density at radius 1 is 1.43 bits per heavy atom. The summed E-state index contributed by atoms with van der Waals surface area (Å²) in [5.41, 5.74) is 0. The molecule has 0 radical (unpaired) electrons. The van der Waals surface area contributed by atoms with Crippen molar-refractivity contribution in [2.24, 2.45) is 0 Å². The average molecular weight is 221 g/mol. The standard InChI is InChI=1S/C7H11NO5S/c1-8(2)7(14)13-4(6(11)12)3-5(9)10/h4H,3H2,1-2H3,(H,9,10)(H,11,12)/t4-/m1/s1. The van der Waals surface area contributed by atoms with Crippen LogP contribution in [0.2, 0.25) is 0 Å². The van der Waals surface area contributed by atoms with Crippen molar-refractivity contribution >= 4 is 29.3 Å². The summed E-state index contributed by atoms with van der Waals surface area (Å²) < 4.78 is 4.76. The number of carbonyl (C=O) groups is 2. The second-order valence-corrected chi connectivity index (χ2v) is 3.05. The van der Waals surface area contributed by atoms with E-state index in [2.05, 4.69) is 12.2 Å². The van der Waals surface area contributed by atoms with Crippen molar-refractivity contribution in [3.8, 4) is 0 Å². The summed E-state index contributed by atoms with van der Waals surface area (Å²) >= 11 is 4.67. The van der Waals surface area contributed by atoms with E-state index in [-0.39, 0.29) is 5.17 Å². The first-order chi connectivity index (χ1) is 6.34. The van der Waals surface area contributed by atoms with Crippen LogP contribution >= 0.6 is 12.2 Å². The molecule has 0 fully saturated rings. The van der Waals surface area contributed by atoms with Gasteiger partial charge in [-0.25, -0.2) is 4.79 Å². The minimum Gasteiger partial charge on any atom is -0.481 e. The summed E-state index contributed by atoms with van der Waals surface area (Å²) in [7, 11) is 3.14. The van der Waals surface area contributed by atoms with E-state index in [4.69, 9.17) is 14.9 Å². The van der Waals surface area contributed by atoms with Gasteiger partial charge in [0.25, 0.3) is 5.17 Å². The SMILES string of the molecule is CN(C)C(=S)O[C@H](CC(=O)O)C(=O)O. The monoisotopic (exact) mass is 221 g/mol. The van der Waals surface area contributed by atoms with E-state index in [9.17, 15) is 9.59 Å². The zero-order valence-corrected chi connectivity index (χ0v) is 8.58. The highest BCUT2D eigenvalue weighted by atomic mass is 32.1. The second-order valence-electron chi connectivity index (χ2n) is 2.70. The predicted octanol–water partition coefficient (Wildman–Crippen LogP) is -0.223. The summed E-state index contributed by atoms with van der Waals surface area (Å²) in [4.78, 5) is 22.2. The van der Waals surface area contributed by atoms with Gasteiger partial charge < -0.3 is 19.8 Å². The summed E-state index contributed by atoms with van der Waals surface area (Å²) in [6.45, 7) is 0. The van der Waals surface area contributed by atoms with Crippen molar-refractivity contribution < 1.29 is 24.5 Å². The van der Waals surface area contributed by atoms with Crippen LogP contribution < -0.4 is 0 Å². The summed E-state index contributed by atoms with van der Waals surface area (Å²) in [6.07, 6.45) is -2.06. The van der Waals surface area contributed by atoms with Crippen molar-refractivity contribution in [3.05, 3.63) is 0 Å². The number of hydrogen-bond donors (Lipinski definition) is 2. The zero-order valence-electron chi connectivity index (χ0n) is 7.76. The predicted molar refractivity (Wildman–Crippen MR) is 51.0 cm³/mol. The lowest BCUT2D eigenvalue weighted by Gasteiger charge is -2.18. The quantitative estimate of drug-likeness (QED) is 0.634. The van der Waals surface area contributed by atoms with Crippen molar-refractivity contribution in [2.45, 2.75) is 12.5 Å². The number of carboxylic acids is 2. The summed E-state index contributed by atoms with van der Waals surface area (Å²) in [6, 6.07) is 0. The molecule has 6 nitrogen and oxygen atoms in total. The topological polar surface area (TPSA) is 87.1 Å². The molecule has 1 atom stereocenters. The van der Waals surface area contributed by atoms with Crippen LogP contribution in [0, 0.1) is 0 Å². The van der Waals surface area contributed by atoms with E-state index < -0.39 is 24.5 Å². The van der Waals surface area contributed by atoms with Crippen LogP contribution in [0.15, 0.2) is 0 Å². The minimum atomic E-state index is -1.44. The normalized spacial score (nSPS) is 11.6. The van der Waals surface area contributed by atoms with Gasteiger partial charge >= 0.3 is 11.9 Å². The third-order valence-corrected chi connectivity index (χ3v) is 1.71. The van der Waals surface area contributed by atoms with Crippen LogP contribution in [0.25, 0.3) is 0 Å². The minimum absolute atomic E-state index is 0.0568. The first-order valence-corrected chi connectivity index (χ1v) is 4.08. The molecular weight excluding hydrogens is 210 g/mol. The van der Waals surface area contributed by atoms with Gasteiger partial charge in [0.05, 0.1) is 6.42 Å². The Morgan fingerprint density at radius 3 is 2.21 bits per heavy atom. The highest BCUT2D eigenvalue weighted by Crippen LogP contribution is 2.02. The fraction of sp³-hybridized carbons (Fsp3) is 0.571. The molecule has 0 amide bonds. The van der Waals surface area contributed by atoms with Crippen LogP contribution in [-0.4, -0.2) is 52.4 Å². The first kappa shape index (κ1) is 12.6. The molecule has 2 N–H and O–H groups in total. The Labute approximate surface area is 86.1 Å². The zero-order chi connectivity index (χ0) is 11.3. The van der Waals surface area contributed by atoms with Gasteiger partial charge in [0, 0.05) is 14.1 Å². The largest absolute Gasteiger partial charge is 0.481 e. The molecule has 7 heteroatoms. The van der Waals surface area contributed by atoms with Crippen LogP contribution in [0.1, 0.15) is 6.42 Å². The number of rotatable bonds is 4. The van der Waals surface area contributed by atoms with E-state index in [0.717, 1.165) is 0 Å². The second kappa shape index (κ2) is 5.38. The van der Waals surface area contributed by atoms with Crippen LogP contribution in [0.4, 0.5) is 0 Å². The van der Waals surface area contributed by atoms with Crippen molar-refractivity contribution in [2.75, 3.05) is 14.1 Å². The Hall–Kier alpha value is -1.37. The van der Waals surface area contributed by atoms with Gasteiger partial charge in [-0.05, 0) is 12.2 Å².